The van der Waals surface area contributed by atoms with Gasteiger partial charge in [0.25, 0.3) is 0 Å². The van der Waals surface area contributed by atoms with E-state index in [4.69, 9.17) is 11.5 Å². The summed E-state index contributed by atoms with van der Waals surface area (Å²) in [6, 6.07) is 23.8. The van der Waals surface area contributed by atoms with Crippen LogP contribution in [0.2, 0.25) is 0 Å². The second-order valence-corrected chi connectivity index (χ2v) is 9.76. The number of phenols is 1. The molecule has 0 radical (unpaired) electrons. The largest absolute Gasteiger partial charge is 0.508 e. The second kappa shape index (κ2) is 14.8. The summed E-state index contributed by atoms with van der Waals surface area (Å²) in [6.07, 6.45) is 1.82. The molecule has 8 nitrogen and oxygen atoms in total. The van der Waals surface area contributed by atoms with Crippen LogP contribution >= 0.6 is 0 Å². The Kier molecular flexibility index (Phi) is 11.2. The Morgan fingerprint density at radius 1 is 0.769 bits per heavy atom. The molecule has 206 valence electrons. The molecular weight excluding hydrogens is 494 g/mol. The number of nitrogens with one attached hydrogen (secondary N) is 1. The molecule has 8 heteroatoms. The van der Waals surface area contributed by atoms with Crippen molar-refractivity contribution < 1.29 is 24.9 Å². The van der Waals surface area contributed by atoms with E-state index in [0.717, 1.165) is 16.7 Å². The topological polar surface area (TPSA) is 159 Å². The van der Waals surface area contributed by atoms with Crippen LogP contribution in [0, 0.1) is 5.92 Å². The van der Waals surface area contributed by atoms with Gasteiger partial charge in [-0.1, -0.05) is 84.9 Å². The van der Waals surface area contributed by atoms with E-state index in [1.165, 1.54) is 12.2 Å². The molecule has 3 rings (SSSR count). The highest BCUT2D eigenvalue weighted by Crippen LogP contribution is 2.17. The van der Waals surface area contributed by atoms with Gasteiger partial charge >= 0.3 is 0 Å². The Morgan fingerprint density at radius 2 is 1.31 bits per heavy atom. The molecule has 3 aromatic rings. The van der Waals surface area contributed by atoms with E-state index in [2.05, 4.69) is 5.32 Å². The number of carbonyl (C=O) groups is 2. The highest BCUT2D eigenvalue weighted by atomic mass is 16.3. The number of aliphatic hydroxyl groups excluding tert-OH is 2. The van der Waals surface area contributed by atoms with Gasteiger partial charge in [-0.15, -0.1) is 0 Å². The molecule has 0 fully saturated rings. The fourth-order valence-corrected chi connectivity index (χ4v) is 4.37. The van der Waals surface area contributed by atoms with Crippen molar-refractivity contribution in [3.05, 3.63) is 114 Å². The van der Waals surface area contributed by atoms with Gasteiger partial charge in [0, 0.05) is 12.5 Å². The first-order chi connectivity index (χ1) is 18.7. The summed E-state index contributed by atoms with van der Waals surface area (Å²) in [7, 11) is 0. The highest BCUT2D eigenvalue weighted by molar-refractivity contribution is 5.88. The number of amides is 2. The zero-order valence-electron chi connectivity index (χ0n) is 21.8. The maximum Gasteiger partial charge on any atom is 0.240 e. The van der Waals surface area contributed by atoms with Crippen LogP contribution in [0.4, 0.5) is 0 Å². The molecule has 0 aromatic heterocycles. The quantitative estimate of drug-likeness (QED) is 0.175. The Hall–Kier alpha value is -3.98. The standard InChI is InChI=1S/C31H37N3O5/c32-24(17-23-11-13-25(35)14-12-23)20-26(36)15-16-29(37)27(18-21-7-3-1-4-8-21)31(39)34-28(30(33)38)19-22-9-5-2-6-10-22/h1-16,24,26-29,35-37H,17-20,32H2,(H2,33,38)(H,34,39)/b16-15+/t24-,26-,27+,28+,29-/m1/s1. The second-order valence-electron chi connectivity index (χ2n) is 9.76. The summed E-state index contributed by atoms with van der Waals surface area (Å²) in [5, 5.41) is 33.6. The lowest BCUT2D eigenvalue weighted by molar-refractivity contribution is -0.131. The van der Waals surface area contributed by atoms with Gasteiger partial charge in [-0.3, -0.25) is 9.59 Å². The number of hydrogen-bond acceptors (Lipinski definition) is 6. The van der Waals surface area contributed by atoms with Crippen LogP contribution in [0.25, 0.3) is 0 Å². The van der Waals surface area contributed by atoms with Crippen molar-refractivity contribution in [1.29, 1.82) is 0 Å². The van der Waals surface area contributed by atoms with Crippen LogP contribution in [-0.2, 0) is 28.9 Å². The fourth-order valence-electron chi connectivity index (χ4n) is 4.37. The molecule has 8 N–H and O–H groups in total. The van der Waals surface area contributed by atoms with Crippen molar-refractivity contribution in [2.45, 2.75) is 50.0 Å². The van der Waals surface area contributed by atoms with E-state index in [9.17, 15) is 24.9 Å². The zero-order chi connectivity index (χ0) is 28.2. The predicted molar refractivity (Wildman–Crippen MR) is 150 cm³/mol. The van der Waals surface area contributed by atoms with E-state index < -0.39 is 36.0 Å². The minimum Gasteiger partial charge on any atom is -0.508 e. The van der Waals surface area contributed by atoms with Gasteiger partial charge in [-0.05, 0) is 48.1 Å². The zero-order valence-corrected chi connectivity index (χ0v) is 21.8. The predicted octanol–water partition coefficient (Wildman–Crippen LogP) is 2.00. The SMILES string of the molecule is NC(=O)[C@H](Cc1ccccc1)NC(=O)[C@@H](Cc1ccccc1)[C@H](O)/C=C/[C@@H](O)C[C@H](N)Cc1ccc(O)cc1. The van der Waals surface area contributed by atoms with Crippen LogP contribution in [0.15, 0.2) is 97.1 Å². The maximum absolute atomic E-state index is 13.3. The number of aromatic hydroxyl groups is 1. The molecule has 0 unspecified atom stereocenters. The summed E-state index contributed by atoms with van der Waals surface area (Å²) in [5.41, 5.74) is 14.4. The van der Waals surface area contributed by atoms with Gasteiger partial charge < -0.3 is 32.1 Å². The van der Waals surface area contributed by atoms with E-state index >= 15 is 0 Å². The van der Waals surface area contributed by atoms with Crippen LogP contribution in [0.5, 0.6) is 5.75 Å². The Bertz CT molecular complexity index is 1200. The normalized spacial score (nSPS) is 15.3. The molecule has 0 spiro atoms. The van der Waals surface area contributed by atoms with Crippen LogP contribution in [0.1, 0.15) is 23.1 Å². The summed E-state index contributed by atoms with van der Waals surface area (Å²) in [6.45, 7) is 0. The number of carbonyl (C=O) groups excluding carboxylic acids is 2. The molecule has 2 amide bonds. The van der Waals surface area contributed by atoms with Crippen LogP contribution in [-0.4, -0.2) is 51.4 Å². The third-order valence-electron chi connectivity index (χ3n) is 6.50. The Balaban J connectivity index is 1.67. The first-order valence-electron chi connectivity index (χ1n) is 13.0. The van der Waals surface area contributed by atoms with Gasteiger partial charge in [0.1, 0.15) is 11.8 Å². The molecule has 3 aromatic carbocycles. The third-order valence-corrected chi connectivity index (χ3v) is 6.50. The minimum absolute atomic E-state index is 0.167. The van der Waals surface area contributed by atoms with E-state index in [-0.39, 0.29) is 31.1 Å². The number of nitrogens with two attached hydrogens (primary N) is 2. The molecule has 39 heavy (non-hydrogen) atoms. The van der Waals surface area contributed by atoms with Gasteiger partial charge in [-0.2, -0.15) is 0 Å². The van der Waals surface area contributed by atoms with Gasteiger partial charge in [-0.25, -0.2) is 0 Å². The van der Waals surface area contributed by atoms with Gasteiger partial charge in [0.15, 0.2) is 0 Å². The number of phenolic OH excluding ortho intramolecular Hbond substituents is 1. The van der Waals surface area contributed by atoms with Crippen molar-refractivity contribution in [3.8, 4) is 5.75 Å². The number of primary amides is 1. The lowest BCUT2D eigenvalue weighted by Crippen LogP contribution is -2.50. The lowest BCUT2D eigenvalue weighted by Gasteiger charge is -2.24. The number of aliphatic hydroxyl groups is 2. The van der Waals surface area contributed by atoms with E-state index in [1.807, 2.05) is 60.7 Å². The maximum atomic E-state index is 13.3. The Morgan fingerprint density at radius 3 is 1.87 bits per heavy atom. The summed E-state index contributed by atoms with van der Waals surface area (Å²) < 4.78 is 0. The molecular formula is C31H37N3O5. The summed E-state index contributed by atoms with van der Waals surface area (Å²) >= 11 is 0. The lowest BCUT2D eigenvalue weighted by atomic mass is 9.91. The van der Waals surface area contributed by atoms with Crippen molar-refractivity contribution >= 4 is 11.8 Å². The fraction of sp³-hybridized carbons (Fsp3) is 0.290. The monoisotopic (exact) mass is 531 g/mol. The van der Waals surface area contributed by atoms with Crippen molar-refractivity contribution in [3.63, 3.8) is 0 Å². The number of hydrogen-bond donors (Lipinski definition) is 6. The average Bonchev–Trinajstić information content (AvgIpc) is 2.92. The van der Waals surface area contributed by atoms with Crippen molar-refractivity contribution in [2.24, 2.45) is 17.4 Å². The first-order valence-corrected chi connectivity index (χ1v) is 13.0. The molecule has 0 aliphatic heterocycles. The van der Waals surface area contributed by atoms with E-state index in [0.29, 0.717) is 6.42 Å². The average molecular weight is 532 g/mol. The van der Waals surface area contributed by atoms with Crippen molar-refractivity contribution in [1.82, 2.24) is 5.32 Å². The van der Waals surface area contributed by atoms with E-state index in [1.54, 1.807) is 24.3 Å². The number of rotatable bonds is 14. The smallest absolute Gasteiger partial charge is 0.240 e. The van der Waals surface area contributed by atoms with Crippen LogP contribution < -0.4 is 16.8 Å². The van der Waals surface area contributed by atoms with Crippen LogP contribution in [0.3, 0.4) is 0 Å². The summed E-state index contributed by atoms with van der Waals surface area (Å²) in [5.74, 6) is -1.96. The third kappa shape index (κ3) is 10.0. The molecule has 0 aliphatic carbocycles. The molecule has 0 bridgehead atoms. The molecule has 0 saturated heterocycles. The first kappa shape index (κ1) is 29.6. The molecule has 5 atom stereocenters. The Labute approximate surface area is 229 Å². The summed E-state index contributed by atoms with van der Waals surface area (Å²) in [4.78, 5) is 25.5. The van der Waals surface area contributed by atoms with Gasteiger partial charge in [0.2, 0.25) is 11.8 Å². The molecule has 0 aliphatic rings. The van der Waals surface area contributed by atoms with Gasteiger partial charge in [0.05, 0.1) is 18.1 Å². The minimum atomic E-state index is -1.24. The molecule has 0 heterocycles. The number of benzene rings is 3. The molecule has 0 saturated carbocycles. The van der Waals surface area contributed by atoms with Crippen molar-refractivity contribution in [2.75, 3.05) is 0 Å². The highest BCUT2D eigenvalue weighted by Gasteiger charge is 2.29.